The standard InChI is InChI=1S/C24H19F4N5O2/c1-11-9-35-20-5-12-4-13(24(26,27)28)2-3-14(12)21(20)33(11)23(34)15-6-18-17(7-16(15)25)31-22(29)19-8-30-10-32(18)19/h2-4,6-8,10-11,20-21H,5,9H2,1H3,(H2,29,31)/t11?,20-,21?/m1/s1. The van der Waals surface area contributed by atoms with Gasteiger partial charge >= 0.3 is 6.18 Å². The molecule has 3 heterocycles. The molecule has 2 aromatic carbocycles. The zero-order valence-corrected chi connectivity index (χ0v) is 18.4. The van der Waals surface area contributed by atoms with Gasteiger partial charge in [0.2, 0.25) is 0 Å². The van der Waals surface area contributed by atoms with Crippen molar-refractivity contribution in [2.45, 2.75) is 37.7 Å². The number of nitrogens with zero attached hydrogens (tertiary/aromatic N) is 4. The van der Waals surface area contributed by atoms with Gasteiger partial charge in [0, 0.05) is 12.5 Å². The number of nitrogen functional groups attached to an aromatic ring is 1. The fourth-order valence-electron chi connectivity index (χ4n) is 5.20. The summed E-state index contributed by atoms with van der Waals surface area (Å²) >= 11 is 0. The van der Waals surface area contributed by atoms with E-state index < -0.39 is 41.7 Å². The average Bonchev–Trinajstić information content (AvgIpc) is 3.43. The molecule has 0 radical (unpaired) electrons. The van der Waals surface area contributed by atoms with Crippen LogP contribution in [0.2, 0.25) is 0 Å². The number of ether oxygens (including phenoxy) is 1. The first-order valence-corrected chi connectivity index (χ1v) is 11.0. The molecule has 4 aromatic rings. The fraction of sp³-hybridized carbons (Fsp3) is 0.292. The lowest BCUT2D eigenvalue weighted by Gasteiger charge is -2.42. The molecule has 11 heteroatoms. The number of fused-ring (bicyclic) bond motifs is 6. The van der Waals surface area contributed by atoms with Crippen molar-refractivity contribution in [3.63, 3.8) is 0 Å². The van der Waals surface area contributed by atoms with Gasteiger partial charge in [-0.15, -0.1) is 0 Å². The number of rotatable bonds is 1. The third-order valence-corrected chi connectivity index (χ3v) is 6.82. The van der Waals surface area contributed by atoms with Gasteiger partial charge in [0.1, 0.15) is 17.2 Å². The van der Waals surface area contributed by atoms with E-state index in [4.69, 9.17) is 10.5 Å². The molecule has 180 valence electrons. The zero-order valence-electron chi connectivity index (χ0n) is 18.4. The summed E-state index contributed by atoms with van der Waals surface area (Å²) in [5, 5.41) is 0. The maximum absolute atomic E-state index is 15.2. The smallest absolute Gasteiger partial charge is 0.382 e. The topological polar surface area (TPSA) is 85.8 Å². The van der Waals surface area contributed by atoms with Crippen molar-refractivity contribution in [1.82, 2.24) is 19.3 Å². The molecule has 6 rings (SSSR count). The van der Waals surface area contributed by atoms with Crippen molar-refractivity contribution in [2.75, 3.05) is 12.3 Å². The van der Waals surface area contributed by atoms with Gasteiger partial charge in [0.05, 0.1) is 59.5 Å². The number of imidazole rings is 1. The lowest BCUT2D eigenvalue weighted by molar-refractivity contribution is -0.137. The third-order valence-electron chi connectivity index (χ3n) is 6.82. The monoisotopic (exact) mass is 485 g/mol. The van der Waals surface area contributed by atoms with E-state index in [1.165, 1.54) is 29.6 Å². The minimum Gasteiger partial charge on any atom is -0.382 e. The first-order chi connectivity index (χ1) is 16.6. The molecular weight excluding hydrogens is 466 g/mol. The largest absolute Gasteiger partial charge is 0.416 e. The van der Waals surface area contributed by atoms with Gasteiger partial charge in [-0.05, 0) is 36.2 Å². The van der Waals surface area contributed by atoms with Crippen LogP contribution in [0, 0.1) is 5.82 Å². The van der Waals surface area contributed by atoms with Crippen molar-refractivity contribution < 1.29 is 27.1 Å². The number of benzene rings is 2. The highest BCUT2D eigenvalue weighted by atomic mass is 19.4. The van der Waals surface area contributed by atoms with Crippen LogP contribution >= 0.6 is 0 Å². The minimum atomic E-state index is -4.48. The Hall–Kier alpha value is -3.73. The highest BCUT2D eigenvalue weighted by Crippen LogP contribution is 2.44. The van der Waals surface area contributed by atoms with Crippen molar-refractivity contribution in [3.05, 3.63) is 70.9 Å². The van der Waals surface area contributed by atoms with Gasteiger partial charge in [-0.3, -0.25) is 9.20 Å². The molecule has 2 N–H and O–H groups in total. The van der Waals surface area contributed by atoms with Crippen LogP contribution < -0.4 is 5.73 Å². The Morgan fingerprint density at radius 3 is 2.77 bits per heavy atom. The molecule has 2 aromatic heterocycles. The average molecular weight is 485 g/mol. The molecule has 3 atom stereocenters. The van der Waals surface area contributed by atoms with E-state index in [9.17, 15) is 18.0 Å². The van der Waals surface area contributed by atoms with Gasteiger partial charge < -0.3 is 15.4 Å². The maximum atomic E-state index is 15.2. The molecule has 1 aliphatic carbocycles. The van der Waals surface area contributed by atoms with Gasteiger partial charge in [-0.2, -0.15) is 13.2 Å². The molecule has 35 heavy (non-hydrogen) atoms. The number of morpholine rings is 1. The lowest BCUT2D eigenvalue weighted by Crippen LogP contribution is -2.52. The SMILES string of the molecule is CC1CO[C@@H]2Cc3cc(C(F)(F)F)ccc3C2N1C(=O)c1cc2c(cc1F)nc(N)c1cncn12. The number of hydrogen-bond donors (Lipinski definition) is 1. The van der Waals surface area contributed by atoms with Crippen molar-refractivity contribution in [2.24, 2.45) is 0 Å². The normalized spacial score (nSPS) is 22.0. The Bertz CT molecular complexity index is 1520. The summed E-state index contributed by atoms with van der Waals surface area (Å²) in [6, 6.07) is 5.01. The summed E-state index contributed by atoms with van der Waals surface area (Å²) in [7, 11) is 0. The molecular formula is C24H19F4N5O2. The Morgan fingerprint density at radius 1 is 1.20 bits per heavy atom. The van der Waals surface area contributed by atoms with Crippen LogP contribution in [-0.4, -0.2) is 43.9 Å². The molecule has 7 nitrogen and oxygen atoms in total. The van der Waals surface area contributed by atoms with E-state index in [2.05, 4.69) is 9.97 Å². The third kappa shape index (κ3) is 3.25. The number of nitrogens with two attached hydrogens (primary N) is 1. The summed E-state index contributed by atoms with van der Waals surface area (Å²) in [6.07, 6.45) is -1.73. The second-order valence-corrected chi connectivity index (χ2v) is 8.96. The van der Waals surface area contributed by atoms with Crippen molar-refractivity contribution in [3.8, 4) is 0 Å². The first-order valence-electron chi connectivity index (χ1n) is 11.0. The molecule has 2 unspecified atom stereocenters. The molecule has 1 fully saturated rings. The number of carbonyl (C=O) groups is 1. The number of hydrogen-bond acceptors (Lipinski definition) is 5. The molecule has 2 aliphatic rings. The van der Waals surface area contributed by atoms with E-state index in [0.717, 1.165) is 18.2 Å². The van der Waals surface area contributed by atoms with Gasteiger partial charge in [-0.1, -0.05) is 6.07 Å². The minimum absolute atomic E-state index is 0.174. The number of aromatic nitrogens is 3. The predicted octanol–water partition coefficient (Wildman–Crippen LogP) is 4.15. The van der Waals surface area contributed by atoms with E-state index in [-0.39, 0.29) is 29.9 Å². The lowest BCUT2D eigenvalue weighted by atomic mass is 9.99. The van der Waals surface area contributed by atoms with Gasteiger partial charge in [0.25, 0.3) is 5.91 Å². The molecule has 0 bridgehead atoms. The Kier molecular flexibility index (Phi) is 4.59. The van der Waals surface area contributed by atoms with Crippen molar-refractivity contribution >= 4 is 28.3 Å². The van der Waals surface area contributed by atoms with Crippen molar-refractivity contribution in [1.29, 1.82) is 0 Å². The van der Waals surface area contributed by atoms with Crippen LogP contribution in [0.15, 0.2) is 42.9 Å². The van der Waals surface area contributed by atoms with Gasteiger partial charge in [-0.25, -0.2) is 14.4 Å². The number of anilines is 1. The Balaban J connectivity index is 1.46. The van der Waals surface area contributed by atoms with Crippen LogP contribution in [0.1, 0.15) is 40.0 Å². The van der Waals surface area contributed by atoms with E-state index >= 15 is 4.39 Å². The maximum Gasteiger partial charge on any atom is 0.416 e. The molecule has 0 spiro atoms. The second kappa shape index (κ2) is 7.38. The summed E-state index contributed by atoms with van der Waals surface area (Å²) in [5.74, 6) is -1.17. The fourth-order valence-corrected chi connectivity index (χ4v) is 5.20. The Labute approximate surface area is 196 Å². The Morgan fingerprint density at radius 2 is 2.00 bits per heavy atom. The molecule has 1 amide bonds. The first kappa shape index (κ1) is 21.8. The quantitative estimate of drug-likeness (QED) is 0.410. The molecule has 0 saturated carbocycles. The summed E-state index contributed by atoms with van der Waals surface area (Å²) < 4.78 is 62.5. The number of amides is 1. The van der Waals surface area contributed by atoms with Crippen LogP contribution in [0.3, 0.4) is 0 Å². The number of carbonyl (C=O) groups excluding carboxylic acids is 1. The predicted molar refractivity (Wildman–Crippen MR) is 118 cm³/mol. The number of halogens is 4. The van der Waals surface area contributed by atoms with Crippen LogP contribution in [0.5, 0.6) is 0 Å². The van der Waals surface area contributed by atoms with Crippen LogP contribution in [0.25, 0.3) is 16.6 Å². The molecule has 1 aliphatic heterocycles. The van der Waals surface area contributed by atoms with E-state index in [1.807, 2.05) is 0 Å². The summed E-state index contributed by atoms with van der Waals surface area (Å²) in [4.78, 5) is 23.6. The number of alkyl halides is 3. The zero-order chi connectivity index (χ0) is 24.6. The second-order valence-electron chi connectivity index (χ2n) is 8.96. The molecule has 1 saturated heterocycles. The highest BCUT2D eigenvalue weighted by Gasteiger charge is 2.46. The van der Waals surface area contributed by atoms with E-state index in [0.29, 0.717) is 22.2 Å². The van der Waals surface area contributed by atoms with Crippen LogP contribution in [-0.2, 0) is 17.3 Å². The van der Waals surface area contributed by atoms with Crippen LogP contribution in [0.4, 0.5) is 23.4 Å². The summed E-state index contributed by atoms with van der Waals surface area (Å²) in [5.41, 5.74) is 7.30. The van der Waals surface area contributed by atoms with E-state index in [1.54, 1.807) is 11.3 Å². The highest BCUT2D eigenvalue weighted by molar-refractivity contribution is 5.99. The van der Waals surface area contributed by atoms with Gasteiger partial charge in [0.15, 0.2) is 0 Å². The summed E-state index contributed by atoms with van der Waals surface area (Å²) in [6.45, 7) is 1.96.